The smallest absolute Gasteiger partial charge is 0.216 e. The quantitative estimate of drug-likeness (QED) is 0.470. The highest BCUT2D eigenvalue weighted by atomic mass is 31.1. The van der Waals surface area contributed by atoms with Crippen molar-refractivity contribution in [2.24, 2.45) is 0 Å². The van der Waals surface area contributed by atoms with Crippen molar-refractivity contribution in [3.8, 4) is 0 Å². The van der Waals surface area contributed by atoms with E-state index in [1.54, 1.807) is 0 Å². The van der Waals surface area contributed by atoms with Crippen LogP contribution in [0.15, 0.2) is 0 Å². The molecule has 0 aliphatic rings. The molecule has 0 saturated carbocycles. The van der Waals surface area contributed by atoms with Crippen molar-refractivity contribution >= 4 is 14.5 Å². The van der Waals surface area contributed by atoms with Gasteiger partial charge in [-0.3, -0.25) is 4.79 Å². The molecule has 0 spiro atoms. The van der Waals surface area contributed by atoms with Crippen molar-refractivity contribution in [2.75, 3.05) is 26.2 Å². The molecule has 0 radical (unpaired) electrons. The van der Waals surface area contributed by atoms with E-state index in [1.165, 1.54) is 6.92 Å². The molecule has 0 heterocycles. The van der Waals surface area contributed by atoms with E-state index in [2.05, 4.69) is 12.0 Å². The highest BCUT2D eigenvalue weighted by molar-refractivity contribution is 7.36. The Balaban J connectivity index is 2.84. The number of nitrogens with one attached hydrogen (secondary N) is 1. The van der Waals surface area contributed by atoms with Crippen LogP contribution in [-0.2, 0) is 9.53 Å². The van der Waals surface area contributed by atoms with E-state index in [-0.39, 0.29) is 5.91 Å². The van der Waals surface area contributed by atoms with Crippen LogP contribution in [0.1, 0.15) is 6.92 Å². The van der Waals surface area contributed by atoms with Gasteiger partial charge in [-0.05, 0) is 6.66 Å². The zero-order valence-corrected chi connectivity index (χ0v) is 7.44. The van der Waals surface area contributed by atoms with Gasteiger partial charge in [0.15, 0.2) is 0 Å². The lowest BCUT2D eigenvalue weighted by atomic mass is 10.6. The normalized spacial score (nSPS) is 10.6. The zero-order chi connectivity index (χ0) is 7.82. The maximum absolute atomic E-state index is 10.3. The fraction of sp³-hybridized carbons (Fsp3) is 0.833. The van der Waals surface area contributed by atoms with Crippen LogP contribution in [0.3, 0.4) is 0 Å². The van der Waals surface area contributed by atoms with Gasteiger partial charge in [-0.1, -0.05) is 8.58 Å². The molecule has 1 unspecified atom stereocenters. The van der Waals surface area contributed by atoms with Gasteiger partial charge in [0.2, 0.25) is 5.91 Å². The fourth-order valence-corrected chi connectivity index (χ4v) is 0.822. The van der Waals surface area contributed by atoms with E-state index >= 15 is 0 Å². The SMILES string of the molecule is CPCOCCNC(C)=O. The molecule has 1 N–H and O–H groups in total. The second-order valence-corrected chi connectivity index (χ2v) is 2.88. The van der Waals surface area contributed by atoms with E-state index in [4.69, 9.17) is 4.74 Å². The van der Waals surface area contributed by atoms with Crippen molar-refractivity contribution in [1.82, 2.24) is 5.32 Å². The Morgan fingerprint density at radius 1 is 1.70 bits per heavy atom. The highest BCUT2D eigenvalue weighted by Gasteiger charge is 1.88. The first-order chi connectivity index (χ1) is 4.77. The predicted octanol–water partition coefficient (Wildman–Crippen LogP) is 0.405. The summed E-state index contributed by atoms with van der Waals surface area (Å²) in [5.41, 5.74) is 0. The molecule has 0 aromatic heterocycles. The molecule has 60 valence electrons. The lowest BCUT2D eigenvalue weighted by Crippen LogP contribution is -2.24. The van der Waals surface area contributed by atoms with Crippen LogP contribution in [0.25, 0.3) is 0 Å². The van der Waals surface area contributed by atoms with Crippen LogP contribution >= 0.6 is 8.58 Å². The summed E-state index contributed by atoms with van der Waals surface area (Å²) in [7, 11) is 0.829. The summed E-state index contributed by atoms with van der Waals surface area (Å²) in [6.07, 6.45) is 0.805. The van der Waals surface area contributed by atoms with Gasteiger partial charge in [-0.2, -0.15) is 0 Å². The van der Waals surface area contributed by atoms with Gasteiger partial charge in [-0.25, -0.2) is 0 Å². The minimum Gasteiger partial charge on any atom is -0.375 e. The van der Waals surface area contributed by atoms with Gasteiger partial charge < -0.3 is 10.1 Å². The standard InChI is InChI=1S/C6H14NO2P/c1-6(8)7-3-4-9-5-10-2/h10H,3-5H2,1-2H3,(H,7,8). The molecule has 10 heavy (non-hydrogen) atoms. The van der Waals surface area contributed by atoms with Crippen molar-refractivity contribution in [1.29, 1.82) is 0 Å². The monoisotopic (exact) mass is 163 g/mol. The van der Waals surface area contributed by atoms with Gasteiger partial charge >= 0.3 is 0 Å². The molecule has 0 saturated heterocycles. The first-order valence-electron chi connectivity index (χ1n) is 3.24. The number of carbonyl (C=O) groups is 1. The summed E-state index contributed by atoms with van der Waals surface area (Å²) in [6.45, 7) is 4.83. The molecule has 1 atom stereocenters. The Labute approximate surface area is 63.3 Å². The number of amides is 1. The third-order valence-electron chi connectivity index (χ3n) is 0.867. The average molecular weight is 163 g/mol. The van der Waals surface area contributed by atoms with Gasteiger partial charge in [0, 0.05) is 13.5 Å². The first-order valence-corrected chi connectivity index (χ1v) is 4.95. The summed E-state index contributed by atoms with van der Waals surface area (Å²) in [4.78, 5) is 10.3. The molecule has 0 aliphatic heterocycles. The van der Waals surface area contributed by atoms with Crippen molar-refractivity contribution < 1.29 is 9.53 Å². The Morgan fingerprint density at radius 2 is 2.40 bits per heavy atom. The van der Waals surface area contributed by atoms with Gasteiger partial charge in [0.25, 0.3) is 0 Å². The molecular formula is C6H14NO2P. The number of carbonyl (C=O) groups excluding carboxylic acids is 1. The topological polar surface area (TPSA) is 38.3 Å². The third-order valence-corrected chi connectivity index (χ3v) is 1.36. The average Bonchev–Trinajstić information content (AvgIpc) is 1.87. The van der Waals surface area contributed by atoms with Crippen LogP contribution in [0.5, 0.6) is 0 Å². The predicted molar refractivity (Wildman–Crippen MR) is 43.7 cm³/mol. The van der Waals surface area contributed by atoms with Crippen molar-refractivity contribution in [3.63, 3.8) is 0 Å². The summed E-state index contributed by atoms with van der Waals surface area (Å²) in [5.74, 6) is 0.00236. The fourth-order valence-electron chi connectivity index (χ4n) is 0.473. The molecule has 0 aromatic rings. The third kappa shape index (κ3) is 7.86. The Kier molecular flexibility index (Phi) is 6.88. The Morgan fingerprint density at radius 3 is 2.90 bits per heavy atom. The molecule has 4 heteroatoms. The second kappa shape index (κ2) is 6.97. The summed E-state index contributed by atoms with van der Waals surface area (Å²) in [5, 5.41) is 2.64. The lowest BCUT2D eigenvalue weighted by molar-refractivity contribution is -0.119. The molecule has 3 nitrogen and oxygen atoms in total. The van der Waals surface area contributed by atoms with E-state index in [1.807, 2.05) is 0 Å². The van der Waals surface area contributed by atoms with Crippen molar-refractivity contribution in [2.45, 2.75) is 6.92 Å². The summed E-state index contributed by atoms with van der Waals surface area (Å²) in [6, 6.07) is 0. The second-order valence-electron chi connectivity index (χ2n) is 1.89. The van der Waals surface area contributed by atoms with E-state index in [9.17, 15) is 4.79 Å². The van der Waals surface area contributed by atoms with Crippen LogP contribution in [0.2, 0.25) is 0 Å². The van der Waals surface area contributed by atoms with Crippen LogP contribution in [0.4, 0.5) is 0 Å². The highest BCUT2D eigenvalue weighted by Crippen LogP contribution is 1.99. The largest absolute Gasteiger partial charge is 0.375 e. The molecule has 0 aromatic carbocycles. The molecule has 0 rings (SSSR count). The van der Waals surface area contributed by atoms with E-state index in [0.717, 1.165) is 14.9 Å². The number of ether oxygens (including phenoxy) is 1. The first kappa shape index (κ1) is 9.86. The minimum atomic E-state index is 0.00236. The Bertz CT molecular complexity index is 97.7. The minimum absolute atomic E-state index is 0.00236. The van der Waals surface area contributed by atoms with Crippen LogP contribution < -0.4 is 5.32 Å². The molecule has 0 fully saturated rings. The maximum Gasteiger partial charge on any atom is 0.216 e. The number of hydrogen-bond acceptors (Lipinski definition) is 2. The summed E-state index contributed by atoms with van der Waals surface area (Å²) >= 11 is 0. The molecule has 0 aliphatic carbocycles. The van der Waals surface area contributed by atoms with Gasteiger partial charge in [-0.15, -0.1) is 0 Å². The summed E-state index contributed by atoms with van der Waals surface area (Å²) < 4.78 is 5.13. The van der Waals surface area contributed by atoms with Gasteiger partial charge in [0.05, 0.1) is 13.0 Å². The molecule has 1 amide bonds. The zero-order valence-electron chi connectivity index (χ0n) is 6.44. The number of hydrogen-bond donors (Lipinski definition) is 1. The van der Waals surface area contributed by atoms with Crippen molar-refractivity contribution in [3.05, 3.63) is 0 Å². The maximum atomic E-state index is 10.3. The molecule has 0 bridgehead atoms. The molecular weight excluding hydrogens is 149 g/mol. The van der Waals surface area contributed by atoms with Crippen LogP contribution in [0, 0.1) is 0 Å². The van der Waals surface area contributed by atoms with E-state index < -0.39 is 0 Å². The number of rotatable bonds is 5. The van der Waals surface area contributed by atoms with Crippen LogP contribution in [-0.4, -0.2) is 32.1 Å². The van der Waals surface area contributed by atoms with Gasteiger partial charge in [0.1, 0.15) is 0 Å². The van der Waals surface area contributed by atoms with E-state index in [0.29, 0.717) is 13.2 Å². The lowest BCUT2D eigenvalue weighted by Gasteiger charge is -2.01. The Hall–Kier alpha value is -0.140.